The Labute approximate surface area is 98.9 Å². The Morgan fingerprint density at radius 1 is 1.53 bits per heavy atom. The molecule has 0 unspecified atom stereocenters. The molecule has 7 heteroatoms. The maximum atomic E-state index is 11.8. The van der Waals surface area contributed by atoms with Gasteiger partial charge in [0.2, 0.25) is 15.0 Å². The molecule has 0 N–H and O–H groups in total. The van der Waals surface area contributed by atoms with Gasteiger partial charge in [-0.05, 0) is 18.9 Å². The number of imidazole rings is 1. The molecule has 0 radical (unpaired) electrons. The minimum atomic E-state index is -3.59. The number of aromatic nitrogens is 2. The third kappa shape index (κ3) is 3.92. The predicted molar refractivity (Wildman–Crippen MR) is 59.5 cm³/mol. The summed E-state index contributed by atoms with van der Waals surface area (Å²) in [5.74, 6) is -0.356. The molecule has 0 amide bonds. The van der Waals surface area contributed by atoms with Crippen LogP contribution in [0.3, 0.4) is 0 Å². The largest absolute Gasteiger partial charge is 0.322 e. The van der Waals surface area contributed by atoms with E-state index >= 15 is 0 Å². The van der Waals surface area contributed by atoms with Gasteiger partial charge in [0.25, 0.3) is 6.08 Å². The highest BCUT2D eigenvalue weighted by molar-refractivity contribution is 7.91. The summed E-state index contributed by atoms with van der Waals surface area (Å²) in [4.78, 5) is 3.77. The molecule has 4 nitrogen and oxygen atoms in total. The summed E-state index contributed by atoms with van der Waals surface area (Å²) >= 11 is 0. The van der Waals surface area contributed by atoms with Crippen LogP contribution in [0.1, 0.15) is 19.8 Å². The molecule has 0 aliphatic carbocycles. The number of hydrogen-bond donors (Lipinski definition) is 0. The first kappa shape index (κ1) is 13.8. The first-order chi connectivity index (χ1) is 7.97. The van der Waals surface area contributed by atoms with Crippen molar-refractivity contribution in [2.45, 2.75) is 31.5 Å². The van der Waals surface area contributed by atoms with Crippen molar-refractivity contribution in [1.29, 1.82) is 0 Å². The van der Waals surface area contributed by atoms with Crippen molar-refractivity contribution in [1.82, 2.24) is 9.55 Å². The van der Waals surface area contributed by atoms with Crippen molar-refractivity contribution in [2.75, 3.05) is 5.75 Å². The van der Waals surface area contributed by atoms with Crippen LogP contribution in [0.2, 0.25) is 0 Å². The third-order valence-electron chi connectivity index (χ3n) is 2.11. The maximum Gasteiger partial charge on any atom is 0.266 e. The summed E-state index contributed by atoms with van der Waals surface area (Å²) in [5.41, 5.74) is 0. The van der Waals surface area contributed by atoms with Crippen LogP contribution >= 0.6 is 0 Å². The predicted octanol–water partition coefficient (Wildman–Crippen LogP) is 2.24. The SMILES string of the molecule is CCCn1ccnc1S(=O)(=O)CCC=C(F)F. The van der Waals surface area contributed by atoms with Crippen LogP contribution in [0.15, 0.2) is 29.7 Å². The monoisotopic (exact) mass is 264 g/mol. The molecule has 96 valence electrons. The highest BCUT2D eigenvalue weighted by Gasteiger charge is 2.19. The molecular weight excluding hydrogens is 250 g/mol. The van der Waals surface area contributed by atoms with Crippen molar-refractivity contribution >= 4 is 9.84 Å². The number of rotatable bonds is 6. The zero-order valence-electron chi connectivity index (χ0n) is 9.44. The number of sulfone groups is 1. The molecular formula is C10H14F2N2O2S. The van der Waals surface area contributed by atoms with Gasteiger partial charge in [0.1, 0.15) is 0 Å². The van der Waals surface area contributed by atoms with Crippen molar-refractivity contribution in [2.24, 2.45) is 0 Å². The summed E-state index contributed by atoms with van der Waals surface area (Å²) in [5, 5.41) is -0.0491. The fourth-order valence-corrected chi connectivity index (χ4v) is 2.74. The van der Waals surface area contributed by atoms with Gasteiger partial charge < -0.3 is 4.57 Å². The van der Waals surface area contributed by atoms with E-state index in [2.05, 4.69) is 4.98 Å². The summed E-state index contributed by atoms with van der Waals surface area (Å²) in [6.45, 7) is 2.46. The van der Waals surface area contributed by atoms with E-state index in [0.29, 0.717) is 12.6 Å². The summed E-state index contributed by atoms with van der Waals surface area (Å²) in [6.07, 6.45) is 2.28. The molecule has 0 aliphatic rings. The third-order valence-corrected chi connectivity index (χ3v) is 3.77. The van der Waals surface area contributed by atoms with E-state index in [0.717, 1.165) is 6.42 Å². The number of hydrogen-bond acceptors (Lipinski definition) is 3. The van der Waals surface area contributed by atoms with Crippen LogP contribution in [-0.2, 0) is 16.4 Å². The topological polar surface area (TPSA) is 52.0 Å². The maximum absolute atomic E-state index is 11.8. The molecule has 1 heterocycles. The Bertz CT molecular complexity index is 490. The molecule has 17 heavy (non-hydrogen) atoms. The van der Waals surface area contributed by atoms with Gasteiger partial charge in [-0.25, -0.2) is 13.4 Å². The molecule has 1 aromatic rings. The molecule has 0 fully saturated rings. The highest BCUT2D eigenvalue weighted by atomic mass is 32.2. The first-order valence-corrected chi connectivity index (χ1v) is 6.87. The van der Waals surface area contributed by atoms with E-state index < -0.39 is 15.9 Å². The van der Waals surface area contributed by atoms with Crippen molar-refractivity contribution < 1.29 is 17.2 Å². The smallest absolute Gasteiger partial charge is 0.266 e. The van der Waals surface area contributed by atoms with Gasteiger partial charge in [-0.3, -0.25) is 0 Å². The van der Waals surface area contributed by atoms with Crippen LogP contribution in [0.4, 0.5) is 8.78 Å². The van der Waals surface area contributed by atoms with Crippen LogP contribution in [0.25, 0.3) is 0 Å². The van der Waals surface area contributed by atoms with E-state index in [1.807, 2.05) is 6.92 Å². The number of allylic oxidation sites excluding steroid dienone is 1. The van der Waals surface area contributed by atoms with Crippen LogP contribution in [-0.4, -0.2) is 23.7 Å². The fourth-order valence-electron chi connectivity index (χ4n) is 1.40. The van der Waals surface area contributed by atoms with Crippen molar-refractivity contribution in [3.63, 3.8) is 0 Å². The molecule has 0 aliphatic heterocycles. The Morgan fingerprint density at radius 2 is 2.24 bits per heavy atom. The Hall–Kier alpha value is -1.24. The van der Waals surface area contributed by atoms with Crippen LogP contribution in [0, 0.1) is 0 Å². The van der Waals surface area contributed by atoms with Gasteiger partial charge in [0, 0.05) is 18.9 Å². The Balaban J connectivity index is 2.82. The second-order valence-electron chi connectivity index (χ2n) is 3.50. The average molecular weight is 264 g/mol. The summed E-state index contributed by atoms with van der Waals surface area (Å²) < 4.78 is 48.7. The van der Waals surface area contributed by atoms with E-state index in [1.54, 1.807) is 6.20 Å². The molecule has 0 aromatic carbocycles. The first-order valence-electron chi connectivity index (χ1n) is 5.22. The minimum absolute atomic E-state index is 0.0491. The molecule has 0 saturated heterocycles. The van der Waals surface area contributed by atoms with E-state index in [-0.39, 0.29) is 17.3 Å². The summed E-state index contributed by atoms with van der Waals surface area (Å²) in [7, 11) is -3.59. The quantitative estimate of drug-likeness (QED) is 0.791. The van der Waals surface area contributed by atoms with Gasteiger partial charge in [-0.15, -0.1) is 0 Å². The van der Waals surface area contributed by atoms with Gasteiger partial charge in [0.05, 0.1) is 5.75 Å². The van der Waals surface area contributed by atoms with Crippen LogP contribution in [0.5, 0.6) is 0 Å². The zero-order chi connectivity index (χ0) is 12.9. The van der Waals surface area contributed by atoms with Gasteiger partial charge in [-0.1, -0.05) is 6.92 Å². The lowest BCUT2D eigenvalue weighted by Crippen LogP contribution is -2.13. The second kappa shape index (κ2) is 5.90. The van der Waals surface area contributed by atoms with Crippen LogP contribution < -0.4 is 0 Å². The van der Waals surface area contributed by atoms with E-state index in [1.165, 1.54) is 10.8 Å². The van der Waals surface area contributed by atoms with E-state index in [4.69, 9.17) is 0 Å². The van der Waals surface area contributed by atoms with Gasteiger partial charge in [0.15, 0.2) is 0 Å². The van der Waals surface area contributed by atoms with E-state index in [9.17, 15) is 17.2 Å². The average Bonchev–Trinajstić information content (AvgIpc) is 2.66. The number of halogens is 2. The van der Waals surface area contributed by atoms with Gasteiger partial charge in [-0.2, -0.15) is 8.78 Å². The number of nitrogens with zero attached hydrogens (tertiary/aromatic N) is 2. The summed E-state index contributed by atoms with van der Waals surface area (Å²) in [6, 6.07) is 0. The molecule has 1 rings (SSSR count). The minimum Gasteiger partial charge on any atom is -0.322 e. The lowest BCUT2D eigenvalue weighted by molar-refractivity contribution is 0.418. The lowest BCUT2D eigenvalue weighted by atomic mass is 10.5. The second-order valence-corrected chi connectivity index (χ2v) is 5.51. The molecule has 0 spiro atoms. The Morgan fingerprint density at radius 3 is 2.82 bits per heavy atom. The molecule has 0 bridgehead atoms. The van der Waals surface area contributed by atoms with Gasteiger partial charge >= 0.3 is 0 Å². The zero-order valence-corrected chi connectivity index (χ0v) is 10.3. The lowest BCUT2D eigenvalue weighted by Gasteiger charge is -2.06. The normalized spacial score (nSPS) is 11.5. The molecule has 0 saturated carbocycles. The standard InChI is InChI=1S/C10H14F2N2O2S/c1-2-6-14-7-5-13-10(14)17(15,16)8-3-4-9(11)12/h4-5,7H,2-3,6,8H2,1H3. The highest BCUT2D eigenvalue weighted by Crippen LogP contribution is 2.11. The molecule has 0 atom stereocenters. The number of aryl methyl sites for hydroxylation is 1. The molecule has 1 aromatic heterocycles. The fraction of sp³-hybridized carbons (Fsp3) is 0.500. The Kier molecular flexibility index (Phi) is 4.80. The van der Waals surface area contributed by atoms with Crippen molar-refractivity contribution in [3.05, 3.63) is 24.6 Å². The van der Waals surface area contributed by atoms with Crippen molar-refractivity contribution in [3.8, 4) is 0 Å².